The lowest BCUT2D eigenvalue weighted by Gasteiger charge is -2.44. The minimum atomic E-state index is 0.194. The van der Waals surface area contributed by atoms with Gasteiger partial charge in [-0.2, -0.15) is 0 Å². The van der Waals surface area contributed by atoms with E-state index >= 15 is 0 Å². The van der Waals surface area contributed by atoms with Gasteiger partial charge in [-0.25, -0.2) is 0 Å². The van der Waals surface area contributed by atoms with Crippen LogP contribution in [0.4, 0.5) is 5.69 Å². The Hall–Kier alpha value is -0.770. The molecule has 3 nitrogen and oxygen atoms in total. The number of rotatable bonds is 2. The number of aliphatic hydroxyl groups is 1. The van der Waals surface area contributed by atoms with Crippen molar-refractivity contribution in [2.24, 2.45) is 0 Å². The van der Waals surface area contributed by atoms with E-state index in [1.54, 1.807) is 0 Å². The minimum absolute atomic E-state index is 0.194. The Balaban J connectivity index is 2.23. The summed E-state index contributed by atoms with van der Waals surface area (Å²) in [6.45, 7) is 6.21. The highest BCUT2D eigenvalue weighted by atomic mass is 35.5. The number of benzene rings is 1. The Kier molecular flexibility index (Phi) is 4.15. The van der Waals surface area contributed by atoms with Crippen LogP contribution in [-0.4, -0.2) is 48.8 Å². The second kappa shape index (κ2) is 5.47. The highest BCUT2D eigenvalue weighted by Gasteiger charge is 2.29. The predicted octanol–water partition coefficient (Wildman–Crippen LogP) is 2.15. The molecular weight excluding hydrogens is 248 g/mol. The molecule has 0 aromatic heterocycles. The lowest BCUT2D eigenvalue weighted by molar-refractivity contribution is 0.122. The summed E-state index contributed by atoms with van der Waals surface area (Å²) in [5.74, 6) is 0. The fourth-order valence-electron chi connectivity index (χ4n) is 2.53. The van der Waals surface area contributed by atoms with E-state index in [2.05, 4.69) is 35.9 Å². The molecule has 0 saturated carbocycles. The number of likely N-dealkylation sites (N-methyl/N-ethyl adjacent to an activating group) is 1. The minimum Gasteiger partial charge on any atom is -0.395 e. The van der Waals surface area contributed by atoms with Crippen molar-refractivity contribution >= 4 is 17.3 Å². The molecule has 1 heterocycles. The number of anilines is 1. The summed E-state index contributed by atoms with van der Waals surface area (Å²) in [7, 11) is 2.07. The molecule has 1 aromatic rings. The van der Waals surface area contributed by atoms with Crippen LogP contribution >= 0.6 is 11.6 Å². The average molecular weight is 269 g/mol. The third-order valence-corrected chi connectivity index (χ3v) is 4.22. The highest BCUT2D eigenvalue weighted by molar-refractivity contribution is 6.31. The van der Waals surface area contributed by atoms with Crippen LogP contribution < -0.4 is 4.90 Å². The first-order chi connectivity index (χ1) is 8.52. The van der Waals surface area contributed by atoms with Gasteiger partial charge in [0.05, 0.1) is 12.6 Å². The summed E-state index contributed by atoms with van der Waals surface area (Å²) in [4.78, 5) is 4.54. The van der Waals surface area contributed by atoms with Crippen LogP contribution in [-0.2, 0) is 0 Å². The molecule has 2 unspecified atom stereocenters. The van der Waals surface area contributed by atoms with Gasteiger partial charge in [0.2, 0.25) is 0 Å². The fourth-order valence-corrected chi connectivity index (χ4v) is 2.70. The van der Waals surface area contributed by atoms with Gasteiger partial charge in [0.25, 0.3) is 0 Å². The largest absolute Gasteiger partial charge is 0.395 e. The predicted molar refractivity (Wildman–Crippen MR) is 76.5 cm³/mol. The number of aryl methyl sites for hydroxylation is 1. The van der Waals surface area contributed by atoms with Crippen LogP contribution in [0.5, 0.6) is 0 Å². The summed E-state index contributed by atoms with van der Waals surface area (Å²) >= 11 is 6.19. The maximum absolute atomic E-state index is 9.42. The molecule has 1 aliphatic rings. The molecule has 1 fully saturated rings. The monoisotopic (exact) mass is 268 g/mol. The number of nitrogens with zero attached hydrogens (tertiary/aromatic N) is 2. The van der Waals surface area contributed by atoms with E-state index < -0.39 is 0 Å². The molecule has 100 valence electrons. The molecule has 2 rings (SSSR count). The van der Waals surface area contributed by atoms with Gasteiger partial charge in [-0.3, -0.25) is 4.90 Å². The van der Waals surface area contributed by atoms with E-state index in [1.165, 1.54) is 0 Å². The van der Waals surface area contributed by atoms with Gasteiger partial charge < -0.3 is 10.0 Å². The van der Waals surface area contributed by atoms with Crippen LogP contribution in [0.3, 0.4) is 0 Å². The van der Waals surface area contributed by atoms with Gasteiger partial charge in [0.15, 0.2) is 0 Å². The van der Waals surface area contributed by atoms with Crippen LogP contribution in [0.1, 0.15) is 12.5 Å². The van der Waals surface area contributed by atoms with Gasteiger partial charge in [0, 0.05) is 29.8 Å². The molecule has 18 heavy (non-hydrogen) atoms. The normalized spacial score (nSPS) is 25.5. The van der Waals surface area contributed by atoms with Crippen molar-refractivity contribution < 1.29 is 5.11 Å². The number of halogens is 1. The molecule has 1 aliphatic heterocycles. The van der Waals surface area contributed by atoms with Gasteiger partial charge in [-0.15, -0.1) is 0 Å². The smallest absolute Gasteiger partial charge is 0.0604 e. The van der Waals surface area contributed by atoms with Crippen molar-refractivity contribution in [3.05, 3.63) is 28.8 Å². The topological polar surface area (TPSA) is 26.7 Å². The van der Waals surface area contributed by atoms with E-state index in [4.69, 9.17) is 11.6 Å². The molecule has 1 saturated heterocycles. The molecule has 0 bridgehead atoms. The molecule has 1 aromatic carbocycles. The molecule has 0 spiro atoms. The van der Waals surface area contributed by atoms with Crippen LogP contribution in [0, 0.1) is 6.92 Å². The van der Waals surface area contributed by atoms with E-state index in [1.807, 2.05) is 13.0 Å². The zero-order valence-corrected chi connectivity index (χ0v) is 12.0. The second-order valence-electron chi connectivity index (χ2n) is 5.21. The first kappa shape index (κ1) is 13.7. The summed E-state index contributed by atoms with van der Waals surface area (Å²) < 4.78 is 0. The van der Waals surface area contributed by atoms with Crippen molar-refractivity contribution in [2.45, 2.75) is 25.9 Å². The van der Waals surface area contributed by atoms with E-state index in [-0.39, 0.29) is 12.6 Å². The number of hydrogen-bond donors (Lipinski definition) is 1. The van der Waals surface area contributed by atoms with Crippen LogP contribution in [0.2, 0.25) is 5.02 Å². The third kappa shape index (κ3) is 2.63. The van der Waals surface area contributed by atoms with Crippen molar-refractivity contribution in [3.63, 3.8) is 0 Å². The maximum atomic E-state index is 9.42. The van der Waals surface area contributed by atoms with E-state index in [9.17, 15) is 5.11 Å². The van der Waals surface area contributed by atoms with Crippen molar-refractivity contribution in [1.82, 2.24) is 4.90 Å². The second-order valence-corrected chi connectivity index (χ2v) is 5.62. The molecule has 1 N–H and O–H groups in total. The molecule has 4 heteroatoms. The third-order valence-electron chi connectivity index (χ3n) is 3.81. The molecular formula is C14H21ClN2O. The SMILES string of the molecule is Cc1ccc(N2CC(CO)N(C)CC2C)cc1Cl. The summed E-state index contributed by atoms with van der Waals surface area (Å²) in [6, 6.07) is 6.80. The first-order valence-corrected chi connectivity index (χ1v) is 6.74. The summed E-state index contributed by atoms with van der Waals surface area (Å²) in [5, 5.41) is 10.2. The van der Waals surface area contributed by atoms with Crippen LogP contribution in [0.15, 0.2) is 18.2 Å². The molecule has 0 aliphatic carbocycles. The highest BCUT2D eigenvalue weighted by Crippen LogP contribution is 2.27. The quantitative estimate of drug-likeness (QED) is 0.890. The van der Waals surface area contributed by atoms with Crippen LogP contribution in [0.25, 0.3) is 0 Å². The Morgan fingerprint density at radius 3 is 2.72 bits per heavy atom. The van der Waals surface area contributed by atoms with Crippen molar-refractivity contribution in [3.8, 4) is 0 Å². The maximum Gasteiger partial charge on any atom is 0.0604 e. The molecule has 0 radical (unpaired) electrons. The first-order valence-electron chi connectivity index (χ1n) is 6.37. The number of hydrogen-bond acceptors (Lipinski definition) is 3. The van der Waals surface area contributed by atoms with Gasteiger partial charge in [-0.1, -0.05) is 17.7 Å². The standard InChI is InChI=1S/C14H21ClN2O/c1-10-4-5-12(6-14(10)15)17-8-13(9-18)16(3)7-11(17)2/h4-6,11,13,18H,7-9H2,1-3H3. The van der Waals surface area contributed by atoms with Crippen molar-refractivity contribution in [2.75, 3.05) is 31.6 Å². The summed E-state index contributed by atoms with van der Waals surface area (Å²) in [5.41, 5.74) is 2.24. The molecule has 2 atom stereocenters. The zero-order valence-electron chi connectivity index (χ0n) is 11.2. The lowest BCUT2D eigenvalue weighted by Crippen LogP contribution is -2.57. The Morgan fingerprint density at radius 2 is 2.11 bits per heavy atom. The Bertz CT molecular complexity index is 424. The lowest BCUT2D eigenvalue weighted by atomic mass is 10.1. The zero-order chi connectivity index (χ0) is 13.3. The van der Waals surface area contributed by atoms with E-state index in [0.717, 1.165) is 29.4 Å². The van der Waals surface area contributed by atoms with Crippen molar-refractivity contribution in [1.29, 1.82) is 0 Å². The average Bonchev–Trinajstić information content (AvgIpc) is 2.33. The number of aliphatic hydroxyl groups excluding tert-OH is 1. The Morgan fingerprint density at radius 1 is 1.39 bits per heavy atom. The summed E-state index contributed by atoms with van der Waals surface area (Å²) in [6.07, 6.45) is 0. The Labute approximate surface area is 114 Å². The fraction of sp³-hybridized carbons (Fsp3) is 0.571. The number of piperazine rings is 1. The van der Waals surface area contributed by atoms with Gasteiger partial charge >= 0.3 is 0 Å². The molecule has 0 amide bonds. The van der Waals surface area contributed by atoms with E-state index in [0.29, 0.717) is 6.04 Å². The van der Waals surface area contributed by atoms with Gasteiger partial charge in [-0.05, 0) is 38.6 Å². The van der Waals surface area contributed by atoms with Gasteiger partial charge in [0.1, 0.15) is 0 Å².